The van der Waals surface area contributed by atoms with Gasteiger partial charge in [0, 0.05) is 6.61 Å². The van der Waals surface area contributed by atoms with Crippen molar-refractivity contribution in [2.45, 2.75) is 109 Å². The van der Waals surface area contributed by atoms with Gasteiger partial charge in [-0.25, -0.2) is 8.78 Å². The highest BCUT2D eigenvalue weighted by atomic mass is 19.2. The predicted molar refractivity (Wildman–Crippen MR) is 87.2 cm³/mol. The third-order valence-electron chi connectivity index (χ3n) is 4.11. The monoisotopic (exact) mass is 306 g/mol. The summed E-state index contributed by atoms with van der Waals surface area (Å²) >= 11 is 0. The lowest BCUT2D eigenvalue weighted by Gasteiger charge is -2.13. The first-order valence-corrected chi connectivity index (χ1v) is 9.11. The second-order valence-electron chi connectivity index (χ2n) is 6.22. The van der Waals surface area contributed by atoms with Crippen molar-refractivity contribution in [2.24, 2.45) is 0 Å². The van der Waals surface area contributed by atoms with Gasteiger partial charge in [-0.15, -0.1) is 0 Å². The minimum atomic E-state index is -1.29. The van der Waals surface area contributed by atoms with Gasteiger partial charge in [0.05, 0.1) is 0 Å². The Morgan fingerprint density at radius 2 is 1.00 bits per heavy atom. The first kappa shape index (κ1) is 20.8. The van der Waals surface area contributed by atoms with Crippen LogP contribution in [-0.4, -0.2) is 24.1 Å². The molecular weight excluding hydrogens is 270 g/mol. The quantitative estimate of drug-likeness (QED) is 0.340. The molecule has 0 saturated heterocycles. The molecule has 21 heavy (non-hydrogen) atoms. The van der Waals surface area contributed by atoms with Crippen LogP contribution in [0.5, 0.6) is 0 Å². The average Bonchev–Trinajstić information content (AvgIpc) is 2.49. The summed E-state index contributed by atoms with van der Waals surface area (Å²) in [5.74, 6) is 0. The van der Waals surface area contributed by atoms with Crippen molar-refractivity contribution in [1.82, 2.24) is 0 Å². The highest BCUT2D eigenvalue weighted by Gasteiger charge is 2.19. The van der Waals surface area contributed by atoms with Crippen LogP contribution in [0.15, 0.2) is 0 Å². The van der Waals surface area contributed by atoms with Crippen molar-refractivity contribution in [1.29, 1.82) is 0 Å². The first-order chi connectivity index (χ1) is 10.2. The van der Waals surface area contributed by atoms with Gasteiger partial charge in [-0.05, 0) is 19.3 Å². The third kappa shape index (κ3) is 14.5. The van der Waals surface area contributed by atoms with Crippen LogP contribution in [0, 0.1) is 0 Å². The fourth-order valence-electron chi connectivity index (χ4n) is 2.64. The molecule has 0 rings (SSSR count). The maximum absolute atomic E-state index is 13.6. The number of hydrogen-bond acceptors (Lipinski definition) is 1. The fourth-order valence-corrected chi connectivity index (χ4v) is 2.64. The maximum Gasteiger partial charge on any atom is 0.131 e. The molecule has 0 aliphatic rings. The standard InChI is InChI=1S/C18H36F2O/c1-2-3-4-5-6-7-8-11-14-17(19)18(20)15-12-9-10-13-16-21/h17-18,21H,2-16H2,1H3. The van der Waals surface area contributed by atoms with Crippen LogP contribution < -0.4 is 0 Å². The summed E-state index contributed by atoms with van der Waals surface area (Å²) in [5.41, 5.74) is 0. The van der Waals surface area contributed by atoms with Gasteiger partial charge in [0.2, 0.25) is 0 Å². The van der Waals surface area contributed by atoms with E-state index in [4.69, 9.17) is 5.11 Å². The Kier molecular flexibility index (Phi) is 16.1. The Hall–Kier alpha value is -0.180. The van der Waals surface area contributed by atoms with E-state index in [1.807, 2.05) is 0 Å². The lowest BCUT2D eigenvalue weighted by atomic mass is 10.0. The van der Waals surface area contributed by atoms with Gasteiger partial charge < -0.3 is 5.11 Å². The van der Waals surface area contributed by atoms with Gasteiger partial charge in [-0.1, -0.05) is 77.6 Å². The molecule has 0 fully saturated rings. The average molecular weight is 306 g/mol. The number of aliphatic hydroxyl groups excluding tert-OH is 1. The molecular formula is C18H36F2O. The normalized spacial score (nSPS) is 14.3. The summed E-state index contributed by atoms with van der Waals surface area (Å²) in [6.45, 7) is 2.41. The second kappa shape index (κ2) is 16.2. The second-order valence-corrected chi connectivity index (χ2v) is 6.22. The molecule has 0 amide bonds. The topological polar surface area (TPSA) is 20.2 Å². The van der Waals surface area contributed by atoms with Crippen LogP contribution in [-0.2, 0) is 0 Å². The number of unbranched alkanes of at least 4 members (excludes halogenated alkanes) is 10. The number of aliphatic hydroxyl groups is 1. The lowest BCUT2D eigenvalue weighted by molar-refractivity contribution is 0.143. The summed E-state index contributed by atoms with van der Waals surface area (Å²) in [7, 11) is 0. The molecule has 0 saturated carbocycles. The van der Waals surface area contributed by atoms with Crippen LogP contribution >= 0.6 is 0 Å². The minimum Gasteiger partial charge on any atom is -0.396 e. The van der Waals surface area contributed by atoms with E-state index in [1.165, 1.54) is 32.1 Å². The molecule has 0 bridgehead atoms. The van der Waals surface area contributed by atoms with Crippen molar-refractivity contribution in [3.63, 3.8) is 0 Å². The molecule has 0 aromatic carbocycles. The molecule has 128 valence electrons. The molecule has 1 N–H and O–H groups in total. The third-order valence-corrected chi connectivity index (χ3v) is 4.11. The zero-order valence-corrected chi connectivity index (χ0v) is 14.0. The van der Waals surface area contributed by atoms with Crippen LogP contribution in [0.1, 0.15) is 96.8 Å². The zero-order valence-electron chi connectivity index (χ0n) is 14.0. The fraction of sp³-hybridized carbons (Fsp3) is 1.00. The maximum atomic E-state index is 13.6. The Morgan fingerprint density at radius 1 is 0.619 bits per heavy atom. The van der Waals surface area contributed by atoms with Gasteiger partial charge in [-0.3, -0.25) is 0 Å². The number of alkyl halides is 2. The predicted octanol–water partition coefficient (Wildman–Crippen LogP) is 6.14. The molecule has 3 heteroatoms. The molecule has 2 unspecified atom stereocenters. The molecule has 0 aliphatic carbocycles. The van der Waals surface area contributed by atoms with Gasteiger partial charge in [0.15, 0.2) is 0 Å². The van der Waals surface area contributed by atoms with Gasteiger partial charge in [0.1, 0.15) is 12.3 Å². The van der Waals surface area contributed by atoms with Crippen LogP contribution in [0.3, 0.4) is 0 Å². The Morgan fingerprint density at radius 3 is 1.43 bits per heavy atom. The van der Waals surface area contributed by atoms with Crippen molar-refractivity contribution in [3.8, 4) is 0 Å². The molecule has 0 radical (unpaired) electrons. The van der Waals surface area contributed by atoms with Crippen molar-refractivity contribution >= 4 is 0 Å². The van der Waals surface area contributed by atoms with E-state index in [0.717, 1.165) is 44.9 Å². The van der Waals surface area contributed by atoms with Gasteiger partial charge in [0.25, 0.3) is 0 Å². The summed E-state index contributed by atoms with van der Waals surface area (Å²) in [4.78, 5) is 0. The summed E-state index contributed by atoms with van der Waals surface area (Å²) < 4.78 is 27.2. The van der Waals surface area contributed by atoms with E-state index in [0.29, 0.717) is 12.8 Å². The van der Waals surface area contributed by atoms with E-state index >= 15 is 0 Å². The highest BCUT2D eigenvalue weighted by Crippen LogP contribution is 2.19. The van der Waals surface area contributed by atoms with E-state index in [-0.39, 0.29) is 6.61 Å². The first-order valence-electron chi connectivity index (χ1n) is 9.11. The molecule has 0 heterocycles. The summed E-state index contributed by atoms with van der Waals surface area (Å²) in [6, 6.07) is 0. The Balaban J connectivity index is 3.32. The van der Waals surface area contributed by atoms with Crippen LogP contribution in [0.4, 0.5) is 8.78 Å². The molecule has 0 aliphatic heterocycles. The largest absolute Gasteiger partial charge is 0.396 e. The van der Waals surface area contributed by atoms with E-state index in [2.05, 4.69) is 6.92 Å². The highest BCUT2D eigenvalue weighted by molar-refractivity contribution is 4.68. The van der Waals surface area contributed by atoms with Crippen LogP contribution in [0.25, 0.3) is 0 Å². The minimum absolute atomic E-state index is 0.198. The van der Waals surface area contributed by atoms with E-state index in [9.17, 15) is 8.78 Å². The SMILES string of the molecule is CCCCCCCCCCC(F)C(F)CCCCCCO. The zero-order chi connectivity index (χ0) is 15.8. The number of halogens is 2. The Labute approximate surface area is 130 Å². The number of hydrogen-bond donors (Lipinski definition) is 1. The molecule has 0 aromatic heterocycles. The van der Waals surface area contributed by atoms with Gasteiger partial charge >= 0.3 is 0 Å². The number of rotatable bonds is 16. The smallest absolute Gasteiger partial charge is 0.131 e. The van der Waals surface area contributed by atoms with Gasteiger partial charge in [-0.2, -0.15) is 0 Å². The van der Waals surface area contributed by atoms with Crippen molar-refractivity contribution in [2.75, 3.05) is 6.61 Å². The lowest BCUT2D eigenvalue weighted by Crippen LogP contribution is -2.17. The summed E-state index contributed by atoms with van der Waals surface area (Å²) in [6.07, 6.45) is 10.9. The van der Waals surface area contributed by atoms with E-state index < -0.39 is 12.3 Å². The van der Waals surface area contributed by atoms with Crippen molar-refractivity contribution < 1.29 is 13.9 Å². The molecule has 0 spiro atoms. The molecule has 1 nitrogen and oxygen atoms in total. The Bertz CT molecular complexity index is 200. The van der Waals surface area contributed by atoms with Crippen molar-refractivity contribution in [3.05, 3.63) is 0 Å². The summed E-state index contributed by atoms with van der Waals surface area (Å²) in [5, 5.41) is 8.63. The van der Waals surface area contributed by atoms with E-state index in [1.54, 1.807) is 0 Å². The molecule has 2 atom stereocenters. The molecule has 0 aromatic rings. The van der Waals surface area contributed by atoms with Crippen LogP contribution in [0.2, 0.25) is 0 Å².